The zero-order valence-electron chi connectivity index (χ0n) is 12.7. The van der Waals surface area contributed by atoms with Gasteiger partial charge in [-0.15, -0.1) is 0 Å². The highest BCUT2D eigenvalue weighted by atomic mass is 16.5. The number of allylic oxidation sites excluding steroid dienone is 4. The van der Waals surface area contributed by atoms with Gasteiger partial charge in [0.1, 0.15) is 5.75 Å². The van der Waals surface area contributed by atoms with Gasteiger partial charge in [-0.05, 0) is 36.8 Å². The number of nitrogen functional groups attached to an aromatic ring is 2. The summed E-state index contributed by atoms with van der Waals surface area (Å²) in [6, 6.07) is 3.39. The first-order chi connectivity index (χ1) is 10.6. The van der Waals surface area contributed by atoms with Crippen molar-refractivity contribution in [1.82, 2.24) is 0 Å². The minimum atomic E-state index is -0.0517. The van der Waals surface area contributed by atoms with Crippen molar-refractivity contribution in [3.05, 3.63) is 36.4 Å². The van der Waals surface area contributed by atoms with E-state index < -0.39 is 0 Å². The number of hydrogen-bond donors (Lipinski definition) is 2. The normalized spacial score (nSPS) is 13.5. The van der Waals surface area contributed by atoms with Crippen LogP contribution in [0.5, 0.6) is 5.75 Å². The van der Waals surface area contributed by atoms with Gasteiger partial charge in [-0.3, -0.25) is 4.79 Å². The average Bonchev–Trinajstić information content (AvgIpc) is 2.50. The van der Waals surface area contributed by atoms with Crippen molar-refractivity contribution in [1.29, 1.82) is 0 Å². The van der Waals surface area contributed by atoms with E-state index in [1.54, 1.807) is 24.3 Å². The summed E-state index contributed by atoms with van der Waals surface area (Å²) in [7, 11) is 0. The number of anilines is 2. The summed E-state index contributed by atoms with van der Waals surface area (Å²) < 4.78 is 5.70. The molecule has 0 amide bonds. The van der Waals surface area contributed by atoms with Gasteiger partial charge in [-0.25, -0.2) is 4.99 Å². The Morgan fingerprint density at radius 2 is 1.77 bits per heavy atom. The van der Waals surface area contributed by atoms with Gasteiger partial charge in [0.05, 0.1) is 29.4 Å². The lowest BCUT2D eigenvalue weighted by Gasteiger charge is -2.11. The second-order valence-corrected chi connectivity index (χ2v) is 5.11. The van der Waals surface area contributed by atoms with Gasteiger partial charge in [-0.1, -0.05) is 19.8 Å². The fraction of sp³-hybridized carbons (Fsp3) is 0.294. The van der Waals surface area contributed by atoms with Gasteiger partial charge >= 0.3 is 0 Å². The number of carbonyl (C=O) groups excluding carboxylic acids is 1. The largest absolute Gasteiger partial charge is 0.491 e. The van der Waals surface area contributed by atoms with E-state index in [1.807, 2.05) is 0 Å². The minimum absolute atomic E-state index is 0.0517. The molecule has 1 aromatic carbocycles. The van der Waals surface area contributed by atoms with Crippen LogP contribution in [0.4, 0.5) is 17.1 Å². The van der Waals surface area contributed by atoms with E-state index in [-0.39, 0.29) is 5.78 Å². The van der Waals surface area contributed by atoms with Crippen molar-refractivity contribution in [2.24, 2.45) is 4.99 Å². The van der Waals surface area contributed by atoms with Crippen LogP contribution in [0, 0.1) is 0 Å². The molecule has 116 valence electrons. The molecule has 0 aliphatic heterocycles. The fourth-order valence-electron chi connectivity index (χ4n) is 2.02. The van der Waals surface area contributed by atoms with Gasteiger partial charge in [0.15, 0.2) is 5.78 Å². The van der Waals surface area contributed by atoms with Gasteiger partial charge in [-0.2, -0.15) is 0 Å². The molecule has 5 nitrogen and oxygen atoms in total. The summed E-state index contributed by atoms with van der Waals surface area (Å²) in [5.74, 6) is 0.536. The Hall–Kier alpha value is -2.56. The molecule has 22 heavy (non-hydrogen) atoms. The molecular formula is C17H21N3O2. The smallest absolute Gasteiger partial charge is 0.178 e. The summed E-state index contributed by atoms with van der Waals surface area (Å²) in [6.45, 7) is 2.76. The maximum absolute atomic E-state index is 11.1. The number of aliphatic imine (C=N–C) groups is 1. The summed E-state index contributed by atoms with van der Waals surface area (Å²) in [6.07, 6.45) is 9.48. The maximum Gasteiger partial charge on any atom is 0.178 e. The Balaban J connectivity index is 2.17. The third-order valence-corrected chi connectivity index (χ3v) is 3.25. The standard InChI is InChI=1S/C17H21N3O2/c1-2-3-4-9-22-17-11-16(14(18)10-15(17)19)20-12-5-7-13(21)8-6-12/h5-8,10-11H,2-4,9,18-19H2,1H3. The third kappa shape index (κ3) is 4.22. The van der Waals surface area contributed by atoms with Crippen LogP contribution in [0.2, 0.25) is 0 Å². The molecule has 0 heterocycles. The van der Waals surface area contributed by atoms with Gasteiger partial charge < -0.3 is 16.2 Å². The van der Waals surface area contributed by atoms with E-state index in [2.05, 4.69) is 11.9 Å². The topological polar surface area (TPSA) is 90.7 Å². The molecule has 1 aromatic rings. The van der Waals surface area contributed by atoms with Crippen LogP contribution in [-0.4, -0.2) is 18.1 Å². The Bertz CT molecular complexity index is 628. The number of carbonyl (C=O) groups is 1. The lowest BCUT2D eigenvalue weighted by molar-refractivity contribution is -0.110. The maximum atomic E-state index is 11.1. The number of rotatable bonds is 6. The van der Waals surface area contributed by atoms with E-state index in [4.69, 9.17) is 16.2 Å². The summed E-state index contributed by atoms with van der Waals surface area (Å²) >= 11 is 0. The van der Waals surface area contributed by atoms with Crippen LogP contribution in [0.15, 0.2) is 41.4 Å². The van der Waals surface area contributed by atoms with Crippen molar-refractivity contribution in [3.63, 3.8) is 0 Å². The molecule has 0 aromatic heterocycles. The molecule has 0 bridgehead atoms. The van der Waals surface area contributed by atoms with Crippen LogP contribution < -0.4 is 16.2 Å². The zero-order valence-corrected chi connectivity index (χ0v) is 12.7. The highest BCUT2D eigenvalue weighted by Crippen LogP contribution is 2.33. The van der Waals surface area contributed by atoms with Crippen molar-refractivity contribution >= 4 is 28.6 Å². The lowest BCUT2D eigenvalue weighted by Crippen LogP contribution is -2.02. The van der Waals surface area contributed by atoms with E-state index in [0.29, 0.717) is 35.1 Å². The molecule has 0 saturated heterocycles. The van der Waals surface area contributed by atoms with E-state index in [9.17, 15) is 4.79 Å². The van der Waals surface area contributed by atoms with Gasteiger partial charge in [0, 0.05) is 6.07 Å². The molecule has 4 N–H and O–H groups in total. The molecule has 1 aliphatic carbocycles. The summed E-state index contributed by atoms with van der Waals surface area (Å²) in [4.78, 5) is 15.5. The quantitative estimate of drug-likeness (QED) is 0.479. The van der Waals surface area contributed by atoms with Gasteiger partial charge in [0.2, 0.25) is 0 Å². The molecule has 2 rings (SSSR count). The monoisotopic (exact) mass is 299 g/mol. The average molecular weight is 299 g/mol. The third-order valence-electron chi connectivity index (χ3n) is 3.25. The first-order valence-electron chi connectivity index (χ1n) is 7.40. The second-order valence-electron chi connectivity index (χ2n) is 5.11. The molecule has 0 spiro atoms. The Labute approximate surface area is 130 Å². The van der Waals surface area contributed by atoms with Crippen molar-refractivity contribution in [3.8, 4) is 5.75 Å². The van der Waals surface area contributed by atoms with Crippen LogP contribution in [-0.2, 0) is 4.79 Å². The Kier molecular flexibility index (Phi) is 5.36. The number of benzene rings is 1. The molecule has 0 atom stereocenters. The first kappa shape index (κ1) is 15.8. The molecule has 0 fully saturated rings. The SMILES string of the molecule is CCCCCOc1cc(N=C2C=CC(=O)C=C2)c(N)cc1N. The number of unbranched alkanes of at least 4 members (excludes halogenated alkanes) is 2. The predicted octanol–water partition coefficient (Wildman–Crippen LogP) is 3.19. The summed E-state index contributed by atoms with van der Waals surface area (Å²) in [5, 5.41) is 0. The molecular weight excluding hydrogens is 278 g/mol. The second kappa shape index (κ2) is 7.45. The number of ketones is 1. The number of hydrogen-bond acceptors (Lipinski definition) is 5. The Morgan fingerprint density at radius 1 is 1.05 bits per heavy atom. The highest BCUT2D eigenvalue weighted by Gasteiger charge is 2.08. The fourth-order valence-corrected chi connectivity index (χ4v) is 2.02. The zero-order chi connectivity index (χ0) is 15.9. The highest BCUT2D eigenvalue weighted by molar-refractivity contribution is 6.17. The van der Waals surface area contributed by atoms with E-state index in [0.717, 1.165) is 19.3 Å². The molecule has 0 unspecified atom stereocenters. The van der Waals surface area contributed by atoms with Crippen LogP contribution >= 0.6 is 0 Å². The van der Waals surface area contributed by atoms with Crippen LogP contribution in [0.3, 0.4) is 0 Å². The minimum Gasteiger partial charge on any atom is -0.491 e. The lowest BCUT2D eigenvalue weighted by atomic mass is 10.1. The van der Waals surface area contributed by atoms with Gasteiger partial charge in [0.25, 0.3) is 0 Å². The number of nitrogens with zero attached hydrogens (tertiary/aromatic N) is 1. The van der Waals surface area contributed by atoms with Crippen molar-refractivity contribution in [2.75, 3.05) is 18.1 Å². The number of nitrogens with two attached hydrogens (primary N) is 2. The van der Waals surface area contributed by atoms with E-state index in [1.165, 1.54) is 12.2 Å². The van der Waals surface area contributed by atoms with Crippen LogP contribution in [0.25, 0.3) is 0 Å². The van der Waals surface area contributed by atoms with Crippen molar-refractivity contribution in [2.45, 2.75) is 26.2 Å². The summed E-state index contributed by atoms with van der Waals surface area (Å²) in [5.41, 5.74) is 14.1. The molecule has 1 aliphatic rings. The van der Waals surface area contributed by atoms with E-state index >= 15 is 0 Å². The molecule has 5 heteroatoms. The van der Waals surface area contributed by atoms with Crippen molar-refractivity contribution < 1.29 is 9.53 Å². The first-order valence-corrected chi connectivity index (χ1v) is 7.40. The molecule has 0 radical (unpaired) electrons. The predicted molar refractivity (Wildman–Crippen MR) is 90.7 cm³/mol. The van der Waals surface area contributed by atoms with Crippen LogP contribution in [0.1, 0.15) is 26.2 Å². The number of ether oxygens (including phenoxy) is 1. The molecule has 0 saturated carbocycles. The Morgan fingerprint density at radius 3 is 2.45 bits per heavy atom.